The largest absolute Gasteiger partial charge is 0.455 e. The molecule has 0 bridgehead atoms. The van der Waals surface area contributed by atoms with E-state index in [0.29, 0.717) is 0 Å². The van der Waals surface area contributed by atoms with Gasteiger partial charge in [-0.25, -0.2) is 0 Å². The van der Waals surface area contributed by atoms with Gasteiger partial charge >= 0.3 is 0 Å². The van der Waals surface area contributed by atoms with E-state index in [4.69, 9.17) is 8.83 Å². The van der Waals surface area contributed by atoms with E-state index in [9.17, 15) is 0 Å². The van der Waals surface area contributed by atoms with Crippen LogP contribution in [0.25, 0.3) is 88.4 Å². The first-order chi connectivity index (χ1) is 21.8. The highest BCUT2D eigenvalue weighted by atomic mass is 16.3. The summed E-state index contributed by atoms with van der Waals surface area (Å²) in [5.41, 5.74) is 12.8. The Labute approximate surface area is 254 Å². The molecule has 0 fully saturated rings. The van der Waals surface area contributed by atoms with Crippen molar-refractivity contribution in [2.24, 2.45) is 0 Å². The lowest BCUT2D eigenvalue weighted by molar-refractivity contribution is 0.665. The zero-order chi connectivity index (χ0) is 29.0. The van der Waals surface area contributed by atoms with Crippen LogP contribution in [0.1, 0.15) is 0 Å². The Bertz CT molecular complexity index is 2270. The summed E-state index contributed by atoms with van der Waals surface area (Å²) in [7, 11) is 0. The van der Waals surface area contributed by atoms with Crippen LogP contribution >= 0.6 is 0 Å². The number of hydrogen-bond acceptors (Lipinski definition) is 2. The van der Waals surface area contributed by atoms with E-state index in [1.165, 1.54) is 22.3 Å². The fraction of sp³-hybridized carbons (Fsp3) is 0. The van der Waals surface area contributed by atoms with E-state index >= 15 is 0 Å². The minimum atomic E-state index is 0.862. The van der Waals surface area contributed by atoms with Crippen molar-refractivity contribution >= 4 is 43.9 Å². The highest BCUT2D eigenvalue weighted by Gasteiger charge is 2.18. The smallest absolute Gasteiger partial charge is 0.143 e. The molecule has 2 heterocycles. The first-order valence-electron chi connectivity index (χ1n) is 14.9. The predicted molar refractivity (Wildman–Crippen MR) is 183 cm³/mol. The first kappa shape index (κ1) is 24.7. The molecule has 0 aliphatic carbocycles. The number of furan rings is 2. The highest BCUT2D eigenvalue weighted by Crippen LogP contribution is 2.42. The molecule has 0 saturated carbocycles. The fourth-order valence-corrected chi connectivity index (χ4v) is 6.49. The van der Waals surface area contributed by atoms with Gasteiger partial charge < -0.3 is 8.83 Å². The van der Waals surface area contributed by atoms with Gasteiger partial charge in [0.1, 0.15) is 22.3 Å². The van der Waals surface area contributed by atoms with E-state index in [2.05, 4.69) is 146 Å². The molecule has 9 rings (SSSR count). The molecule has 0 spiro atoms. The van der Waals surface area contributed by atoms with Crippen molar-refractivity contribution in [3.63, 3.8) is 0 Å². The van der Waals surface area contributed by atoms with Gasteiger partial charge in [-0.1, -0.05) is 146 Å². The van der Waals surface area contributed by atoms with Gasteiger partial charge in [-0.3, -0.25) is 0 Å². The molecule has 44 heavy (non-hydrogen) atoms. The summed E-state index contributed by atoms with van der Waals surface area (Å²) < 4.78 is 13.2. The van der Waals surface area contributed by atoms with Crippen LogP contribution in [0.3, 0.4) is 0 Å². The average Bonchev–Trinajstić information content (AvgIpc) is 3.65. The lowest BCUT2D eigenvalue weighted by Gasteiger charge is -2.06. The van der Waals surface area contributed by atoms with E-state index in [1.807, 2.05) is 12.1 Å². The van der Waals surface area contributed by atoms with Gasteiger partial charge in [0.2, 0.25) is 0 Å². The number of para-hydroxylation sites is 2. The average molecular weight is 563 g/mol. The Kier molecular flexibility index (Phi) is 5.54. The van der Waals surface area contributed by atoms with Crippen LogP contribution in [0.2, 0.25) is 0 Å². The van der Waals surface area contributed by atoms with Gasteiger partial charge in [-0.15, -0.1) is 0 Å². The Hall–Kier alpha value is -5.86. The minimum absolute atomic E-state index is 0.862. The second kappa shape index (κ2) is 9.86. The van der Waals surface area contributed by atoms with E-state index in [0.717, 1.165) is 66.1 Å². The lowest BCUT2D eigenvalue weighted by Crippen LogP contribution is -1.81. The molecule has 2 aromatic heterocycles. The second-order valence-corrected chi connectivity index (χ2v) is 11.3. The SMILES string of the molecule is c1ccc(-c2ccc(-c3cccc4c3oc3cc5c(cc34)oc3c(-c4ccc(-c6ccccc6)cc4)cccc35)cc2)cc1. The predicted octanol–water partition coefficient (Wildman–Crippen LogP) is 12.2. The maximum absolute atomic E-state index is 6.61. The standard InChI is InChI=1S/C42H26O2/c1-3-9-27(10-4-1)29-17-21-31(22-18-29)33-13-7-15-35-37-25-40-38(26-39(37)43-41(33)35)36-16-8-14-34(42(36)44-40)32-23-19-30(20-24-32)28-11-5-2-6-12-28/h1-26H. The minimum Gasteiger partial charge on any atom is -0.455 e. The maximum Gasteiger partial charge on any atom is 0.143 e. The van der Waals surface area contributed by atoms with Gasteiger partial charge in [0, 0.05) is 32.7 Å². The summed E-state index contributed by atoms with van der Waals surface area (Å²) in [5, 5.41) is 4.29. The summed E-state index contributed by atoms with van der Waals surface area (Å²) in [6.45, 7) is 0. The van der Waals surface area contributed by atoms with Crippen LogP contribution < -0.4 is 0 Å². The first-order valence-corrected chi connectivity index (χ1v) is 14.9. The van der Waals surface area contributed by atoms with Crippen LogP contribution in [0.15, 0.2) is 167 Å². The summed E-state index contributed by atoms with van der Waals surface area (Å²) >= 11 is 0. The molecule has 7 aromatic carbocycles. The molecule has 0 saturated heterocycles. The molecular formula is C42H26O2. The molecular weight excluding hydrogens is 536 g/mol. The Morgan fingerprint density at radius 3 is 1.05 bits per heavy atom. The van der Waals surface area contributed by atoms with Crippen LogP contribution in [-0.2, 0) is 0 Å². The molecule has 0 aliphatic rings. The number of benzene rings is 7. The zero-order valence-electron chi connectivity index (χ0n) is 23.8. The van der Waals surface area contributed by atoms with E-state index in [-0.39, 0.29) is 0 Å². The number of hydrogen-bond donors (Lipinski definition) is 0. The number of fused-ring (bicyclic) bond motifs is 6. The highest BCUT2D eigenvalue weighted by molar-refractivity contribution is 6.17. The molecule has 0 unspecified atom stereocenters. The van der Waals surface area contributed by atoms with Crippen LogP contribution in [0.5, 0.6) is 0 Å². The molecule has 2 heteroatoms. The Morgan fingerprint density at radius 2 is 0.636 bits per heavy atom. The molecule has 2 nitrogen and oxygen atoms in total. The fourth-order valence-electron chi connectivity index (χ4n) is 6.49. The molecule has 206 valence electrons. The Balaban J connectivity index is 1.14. The third-order valence-corrected chi connectivity index (χ3v) is 8.72. The van der Waals surface area contributed by atoms with Crippen molar-refractivity contribution in [1.82, 2.24) is 0 Å². The van der Waals surface area contributed by atoms with Crippen molar-refractivity contribution in [3.8, 4) is 44.5 Å². The van der Waals surface area contributed by atoms with Crippen molar-refractivity contribution < 1.29 is 8.83 Å². The van der Waals surface area contributed by atoms with Crippen molar-refractivity contribution in [1.29, 1.82) is 0 Å². The second-order valence-electron chi connectivity index (χ2n) is 11.3. The van der Waals surface area contributed by atoms with E-state index in [1.54, 1.807) is 0 Å². The normalized spacial score (nSPS) is 11.6. The molecule has 0 aliphatic heterocycles. The molecule has 9 aromatic rings. The Morgan fingerprint density at radius 1 is 0.273 bits per heavy atom. The summed E-state index contributed by atoms with van der Waals surface area (Å²) in [6, 6.07) is 55.4. The number of rotatable bonds is 4. The zero-order valence-corrected chi connectivity index (χ0v) is 23.8. The van der Waals surface area contributed by atoms with Crippen LogP contribution in [0.4, 0.5) is 0 Å². The van der Waals surface area contributed by atoms with Crippen LogP contribution in [0, 0.1) is 0 Å². The van der Waals surface area contributed by atoms with Gasteiger partial charge in [0.05, 0.1) is 0 Å². The van der Waals surface area contributed by atoms with Crippen molar-refractivity contribution in [3.05, 3.63) is 158 Å². The third kappa shape index (κ3) is 3.96. The van der Waals surface area contributed by atoms with Crippen LogP contribution in [-0.4, -0.2) is 0 Å². The molecule has 0 N–H and O–H groups in total. The van der Waals surface area contributed by atoms with Gasteiger partial charge in [-0.2, -0.15) is 0 Å². The summed E-state index contributed by atoms with van der Waals surface area (Å²) in [5.74, 6) is 0. The monoisotopic (exact) mass is 562 g/mol. The topological polar surface area (TPSA) is 26.3 Å². The van der Waals surface area contributed by atoms with E-state index < -0.39 is 0 Å². The quantitative estimate of drug-likeness (QED) is 0.213. The summed E-state index contributed by atoms with van der Waals surface area (Å²) in [6.07, 6.45) is 0. The van der Waals surface area contributed by atoms with Crippen molar-refractivity contribution in [2.75, 3.05) is 0 Å². The molecule has 0 amide bonds. The molecule has 0 atom stereocenters. The lowest BCUT2D eigenvalue weighted by atomic mass is 9.98. The third-order valence-electron chi connectivity index (χ3n) is 8.72. The summed E-state index contributed by atoms with van der Waals surface area (Å²) in [4.78, 5) is 0. The van der Waals surface area contributed by atoms with Crippen molar-refractivity contribution in [2.45, 2.75) is 0 Å². The molecule has 0 radical (unpaired) electrons. The van der Waals surface area contributed by atoms with Gasteiger partial charge in [-0.05, 0) is 45.5 Å². The maximum atomic E-state index is 6.61. The van der Waals surface area contributed by atoms with Gasteiger partial charge in [0.15, 0.2) is 0 Å². The van der Waals surface area contributed by atoms with Gasteiger partial charge in [0.25, 0.3) is 0 Å².